The van der Waals surface area contributed by atoms with E-state index in [0.29, 0.717) is 25.5 Å². The van der Waals surface area contributed by atoms with E-state index >= 15 is 0 Å². The summed E-state index contributed by atoms with van der Waals surface area (Å²) in [6, 6.07) is 1.35. The molecule has 0 bridgehead atoms. The van der Waals surface area contributed by atoms with E-state index in [0.717, 1.165) is 12.5 Å². The van der Waals surface area contributed by atoms with Crippen LogP contribution in [0.5, 0.6) is 0 Å². The van der Waals surface area contributed by atoms with Crippen LogP contribution in [0.4, 0.5) is 13.2 Å². The minimum absolute atomic E-state index is 0.0185. The van der Waals surface area contributed by atoms with Gasteiger partial charge in [0.25, 0.3) is 5.91 Å². The topological polar surface area (TPSA) is 57.6 Å². The molecule has 0 aromatic heterocycles. The molecule has 1 N–H and O–H groups in total. The van der Waals surface area contributed by atoms with Crippen LogP contribution in [-0.4, -0.2) is 35.0 Å². The SMILES string of the molecule is O=C(O)CCC1CCCN(C(=O)c2c(F)ccc(F)c2F)C1. The quantitative estimate of drug-likeness (QED) is 0.869. The molecule has 1 amide bonds. The Morgan fingerprint density at radius 1 is 1.23 bits per heavy atom. The van der Waals surface area contributed by atoms with Gasteiger partial charge in [-0.25, -0.2) is 13.2 Å². The zero-order valence-electron chi connectivity index (χ0n) is 11.8. The second-order valence-corrected chi connectivity index (χ2v) is 5.41. The van der Waals surface area contributed by atoms with E-state index < -0.39 is 34.9 Å². The van der Waals surface area contributed by atoms with Crippen molar-refractivity contribution >= 4 is 11.9 Å². The number of carbonyl (C=O) groups is 2. The summed E-state index contributed by atoms with van der Waals surface area (Å²) < 4.78 is 40.5. The molecule has 1 atom stereocenters. The van der Waals surface area contributed by atoms with E-state index in [4.69, 9.17) is 5.11 Å². The average Bonchev–Trinajstić information content (AvgIpc) is 2.49. The number of halogens is 3. The van der Waals surface area contributed by atoms with Crippen molar-refractivity contribution in [1.29, 1.82) is 0 Å². The van der Waals surface area contributed by atoms with Gasteiger partial charge in [0, 0.05) is 19.5 Å². The Morgan fingerprint density at radius 3 is 2.59 bits per heavy atom. The Labute approximate surface area is 125 Å². The van der Waals surface area contributed by atoms with Crippen molar-refractivity contribution in [3.63, 3.8) is 0 Å². The van der Waals surface area contributed by atoms with Gasteiger partial charge in [0.2, 0.25) is 0 Å². The Bertz CT molecular complexity index is 592. The van der Waals surface area contributed by atoms with Crippen molar-refractivity contribution in [2.24, 2.45) is 5.92 Å². The fourth-order valence-electron chi connectivity index (χ4n) is 2.69. The van der Waals surface area contributed by atoms with Gasteiger partial charge in [0.1, 0.15) is 11.4 Å². The number of carbonyl (C=O) groups excluding carboxylic acids is 1. The smallest absolute Gasteiger partial charge is 0.303 e. The summed E-state index contributed by atoms with van der Waals surface area (Å²) in [4.78, 5) is 24.1. The third kappa shape index (κ3) is 3.58. The van der Waals surface area contributed by atoms with Crippen molar-refractivity contribution in [2.45, 2.75) is 25.7 Å². The number of carboxylic acid groups (broad SMARTS) is 1. The number of aliphatic carboxylic acids is 1. The molecule has 0 aliphatic carbocycles. The summed E-state index contributed by atoms with van der Waals surface area (Å²) in [5.41, 5.74) is -0.890. The highest BCUT2D eigenvalue weighted by Crippen LogP contribution is 2.24. The predicted octanol–water partition coefficient (Wildman–Crippen LogP) is 2.82. The summed E-state index contributed by atoms with van der Waals surface area (Å²) in [6.07, 6.45) is 1.75. The van der Waals surface area contributed by atoms with E-state index in [-0.39, 0.29) is 18.9 Å². The molecule has 1 aromatic carbocycles. The molecule has 1 heterocycles. The Balaban J connectivity index is 2.12. The summed E-state index contributed by atoms with van der Waals surface area (Å²) in [6.45, 7) is 0.541. The van der Waals surface area contributed by atoms with E-state index in [2.05, 4.69) is 0 Å². The van der Waals surface area contributed by atoms with Crippen molar-refractivity contribution < 1.29 is 27.9 Å². The van der Waals surface area contributed by atoms with Gasteiger partial charge in [0.05, 0.1) is 0 Å². The lowest BCUT2D eigenvalue weighted by Crippen LogP contribution is -2.40. The van der Waals surface area contributed by atoms with Crippen LogP contribution in [-0.2, 0) is 4.79 Å². The zero-order valence-corrected chi connectivity index (χ0v) is 11.8. The van der Waals surface area contributed by atoms with Gasteiger partial charge in [0.15, 0.2) is 11.6 Å². The maximum absolute atomic E-state index is 13.7. The molecular weight excluding hydrogens is 299 g/mol. The molecule has 2 rings (SSSR count). The molecule has 0 saturated carbocycles. The van der Waals surface area contributed by atoms with Gasteiger partial charge >= 0.3 is 5.97 Å². The molecule has 1 aliphatic rings. The first-order valence-corrected chi connectivity index (χ1v) is 7.04. The third-order valence-electron chi connectivity index (χ3n) is 3.83. The molecular formula is C15H16F3NO3. The van der Waals surface area contributed by atoms with Gasteiger partial charge < -0.3 is 10.0 Å². The van der Waals surface area contributed by atoms with Crippen molar-refractivity contribution in [2.75, 3.05) is 13.1 Å². The van der Waals surface area contributed by atoms with Gasteiger partial charge in [-0.2, -0.15) is 0 Å². The van der Waals surface area contributed by atoms with Gasteiger partial charge in [-0.1, -0.05) is 0 Å². The van der Waals surface area contributed by atoms with Crippen LogP contribution in [0.3, 0.4) is 0 Å². The number of rotatable bonds is 4. The fourth-order valence-corrected chi connectivity index (χ4v) is 2.69. The number of likely N-dealkylation sites (tertiary alicyclic amines) is 1. The van der Waals surface area contributed by atoms with Crippen LogP contribution in [0, 0.1) is 23.4 Å². The maximum atomic E-state index is 13.7. The predicted molar refractivity (Wildman–Crippen MR) is 71.8 cm³/mol. The van der Waals surface area contributed by atoms with Crippen LogP contribution < -0.4 is 0 Å². The van der Waals surface area contributed by atoms with E-state index in [1.54, 1.807) is 0 Å². The Kier molecular flexibility index (Phi) is 5.05. The van der Waals surface area contributed by atoms with Crippen molar-refractivity contribution in [3.05, 3.63) is 35.1 Å². The highest BCUT2D eigenvalue weighted by atomic mass is 19.2. The molecule has 1 fully saturated rings. The lowest BCUT2D eigenvalue weighted by Gasteiger charge is -2.32. The average molecular weight is 315 g/mol. The summed E-state index contributed by atoms with van der Waals surface area (Å²) in [7, 11) is 0. The monoisotopic (exact) mass is 315 g/mol. The number of hydrogen-bond acceptors (Lipinski definition) is 2. The summed E-state index contributed by atoms with van der Waals surface area (Å²) in [5, 5.41) is 8.68. The largest absolute Gasteiger partial charge is 0.481 e. The zero-order chi connectivity index (χ0) is 16.3. The van der Waals surface area contributed by atoms with Gasteiger partial charge in [-0.15, -0.1) is 0 Å². The molecule has 1 unspecified atom stereocenters. The molecule has 0 spiro atoms. The lowest BCUT2D eigenvalue weighted by molar-refractivity contribution is -0.137. The molecule has 22 heavy (non-hydrogen) atoms. The maximum Gasteiger partial charge on any atom is 0.303 e. The Morgan fingerprint density at radius 2 is 1.91 bits per heavy atom. The first-order chi connectivity index (χ1) is 10.4. The highest BCUT2D eigenvalue weighted by molar-refractivity contribution is 5.94. The second-order valence-electron chi connectivity index (χ2n) is 5.41. The lowest BCUT2D eigenvalue weighted by atomic mass is 9.93. The van der Waals surface area contributed by atoms with Crippen LogP contribution >= 0.6 is 0 Å². The number of benzene rings is 1. The van der Waals surface area contributed by atoms with Crippen LogP contribution in [0.1, 0.15) is 36.0 Å². The number of piperidine rings is 1. The molecule has 7 heteroatoms. The third-order valence-corrected chi connectivity index (χ3v) is 3.83. The number of nitrogens with zero attached hydrogens (tertiary/aromatic N) is 1. The molecule has 1 aliphatic heterocycles. The van der Waals surface area contributed by atoms with Crippen LogP contribution in [0.15, 0.2) is 12.1 Å². The molecule has 120 valence electrons. The molecule has 4 nitrogen and oxygen atoms in total. The Hall–Kier alpha value is -2.05. The van der Waals surface area contributed by atoms with E-state index in [1.807, 2.05) is 0 Å². The summed E-state index contributed by atoms with van der Waals surface area (Å²) >= 11 is 0. The molecule has 0 radical (unpaired) electrons. The first kappa shape index (κ1) is 16.3. The van der Waals surface area contributed by atoms with E-state index in [9.17, 15) is 22.8 Å². The molecule has 1 saturated heterocycles. The number of amides is 1. The fraction of sp³-hybridized carbons (Fsp3) is 0.467. The van der Waals surface area contributed by atoms with Gasteiger partial charge in [-0.05, 0) is 37.3 Å². The minimum atomic E-state index is -1.49. The first-order valence-electron chi connectivity index (χ1n) is 7.04. The van der Waals surface area contributed by atoms with Crippen molar-refractivity contribution in [1.82, 2.24) is 4.90 Å². The van der Waals surface area contributed by atoms with E-state index in [1.165, 1.54) is 4.90 Å². The highest BCUT2D eigenvalue weighted by Gasteiger charge is 2.29. The standard InChI is InChI=1S/C15H16F3NO3/c16-10-4-5-11(17)14(18)13(10)15(22)19-7-1-2-9(8-19)3-6-12(20)21/h4-5,9H,1-3,6-8H2,(H,20,21). The second kappa shape index (κ2) is 6.81. The van der Waals surface area contributed by atoms with Crippen LogP contribution in [0.2, 0.25) is 0 Å². The normalized spacial score (nSPS) is 18.3. The van der Waals surface area contributed by atoms with Crippen LogP contribution in [0.25, 0.3) is 0 Å². The minimum Gasteiger partial charge on any atom is -0.481 e. The number of carboxylic acids is 1. The molecule has 1 aromatic rings. The van der Waals surface area contributed by atoms with Crippen molar-refractivity contribution in [3.8, 4) is 0 Å². The van der Waals surface area contributed by atoms with Gasteiger partial charge in [-0.3, -0.25) is 9.59 Å². The summed E-state index contributed by atoms with van der Waals surface area (Å²) in [5.74, 6) is -5.72. The number of hydrogen-bond donors (Lipinski definition) is 1.